The van der Waals surface area contributed by atoms with Crippen molar-refractivity contribution in [2.45, 2.75) is 44.3 Å². The molecule has 0 saturated heterocycles. The number of alkyl halides is 3. The second-order valence-corrected chi connectivity index (χ2v) is 5.09. The second-order valence-electron chi connectivity index (χ2n) is 4.72. The normalized spacial score (nSPS) is 19.3. The molecule has 0 unspecified atom stereocenters. The molecule has 0 radical (unpaired) electrons. The number of hydrogen-bond donors (Lipinski definition) is 2. The van der Waals surface area contributed by atoms with E-state index in [0.717, 1.165) is 31.9 Å². The summed E-state index contributed by atoms with van der Waals surface area (Å²) in [6.45, 7) is 0. The highest BCUT2D eigenvalue weighted by Gasteiger charge is 2.33. The van der Waals surface area contributed by atoms with Gasteiger partial charge < -0.3 is 10.6 Å². The van der Waals surface area contributed by atoms with Crippen molar-refractivity contribution in [2.75, 3.05) is 7.05 Å². The van der Waals surface area contributed by atoms with Crippen molar-refractivity contribution < 1.29 is 18.0 Å². The minimum absolute atomic E-state index is 0.359. The minimum Gasteiger partial charge on any atom is -0.383 e. The molecule has 1 aliphatic carbocycles. The van der Waals surface area contributed by atoms with E-state index < -0.39 is 23.2 Å². The van der Waals surface area contributed by atoms with Gasteiger partial charge in [0.2, 0.25) is 5.24 Å². The van der Waals surface area contributed by atoms with Crippen LogP contribution >= 0.6 is 11.6 Å². The van der Waals surface area contributed by atoms with Gasteiger partial charge in [-0.25, -0.2) is 0 Å². The molecule has 19 heavy (non-hydrogen) atoms. The average molecular weight is 299 g/mol. The molecular formula is C12H18ClF3N2O. The first-order valence-electron chi connectivity index (χ1n) is 6.25. The molecule has 1 aliphatic rings. The van der Waals surface area contributed by atoms with Crippen LogP contribution in [0.1, 0.15) is 32.1 Å². The number of carbonyl (C=O) groups excluding carboxylic acids is 1. The van der Waals surface area contributed by atoms with Crippen molar-refractivity contribution >= 4 is 16.8 Å². The Morgan fingerprint density at radius 3 is 2.42 bits per heavy atom. The average Bonchev–Trinajstić information content (AvgIpc) is 2.79. The zero-order chi connectivity index (χ0) is 14.5. The predicted octanol–water partition coefficient (Wildman–Crippen LogP) is 2.91. The Labute approximate surface area is 115 Å². The largest absolute Gasteiger partial charge is 0.432 e. The summed E-state index contributed by atoms with van der Waals surface area (Å²) in [5, 5.41) is 3.87. The van der Waals surface area contributed by atoms with Crippen LogP contribution in [0.2, 0.25) is 0 Å². The monoisotopic (exact) mass is 298 g/mol. The van der Waals surface area contributed by atoms with Gasteiger partial charge in [0, 0.05) is 13.2 Å². The molecule has 110 valence electrons. The van der Waals surface area contributed by atoms with Crippen LogP contribution in [-0.4, -0.2) is 24.5 Å². The maximum absolute atomic E-state index is 12.5. The lowest BCUT2D eigenvalue weighted by atomic mass is 9.99. The lowest BCUT2D eigenvalue weighted by Gasteiger charge is -2.19. The lowest BCUT2D eigenvalue weighted by Crippen LogP contribution is -2.35. The van der Waals surface area contributed by atoms with Gasteiger partial charge in [0.25, 0.3) is 0 Å². The number of halogens is 4. The molecule has 0 heterocycles. The molecule has 0 aliphatic heterocycles. The SMILES string of the molecule is CN/C(=C\N[C@@H](CC1CCCC1)C(=O)Cl)C(F)(F)F. The Hall–Kier alpha value is -0.910. The third-order valence-corrected chi connectivity index (χ3v) is 3.58. The summed E-state index contributed by atoms with van der Waals surface area (Å²) >= 11 is 5.43. The molecule has 2 N–H and O–H groups in total. The number of nitrogens with one attached hydrogen (secondary N) is 2. The van der Waals surface area contributed by atoms with Gasteiger partial charge in [-0.05, 0) is 23.9 Å². The van der Waals surface area contributed by atoms with E-state index in [9.17, 15) is 18.0 Å². The van der Waals surface area contributed by atoms with E-state index in [0.29, 0.717) is 12.3 Å². The van der Waals surface area contributed by atoms with E-state index >= 15 is 0 Å². The summed E-state index contributed by atoms with van der Waals surface area (Å²) in [6.07, 6.45) is 0.999. The summed E-state index contributed by atoms with van der Waals surface area (Å²) in [7, 11) is 1.18. The van der Waals surface area contributed by atoms with Crippen molar-refractivity contribution in [1.29, 1.82) is 0 Å². The molecule has 7 heteroatoms. The van der Waals surface area contributed by atoms with Crippen molar-refractivity contribution in [3.8, 4) is 0 Å². The van der Waals surface area contributed by atoms with Crippen molar-refractivity contribution in [3.05, 3.63) is 11.9 Å². The van der Waals surface area contributed by atoms with Gasteiger partial charge in [-0.15, -0.1) is 0 Å². The zero-order valence-corrected chi connectivity index (χ0v) is 11.4. The lowest BCUT2D eigenvalue weighted by molar-refractivity contribution is -0.114. The van der Waals surface area contributed by atoms with E-state index in [1.54, 1.807) is 0 Å². The van der Waals surface area contributed by atoms with E-state index in [1.807, 2.05) is 5.32 Å². The summed E-state index contributed by atoms with van der Waals surface area (Å²) in [6, 6.07) is -0.768. The molecule has 1 fully saturated rings. The van der Waals surface area contributed by atoms with Crippen LogP contribution in [0.3, 0.4) is 0 Å². The van der Waals surface area contributed by atoms with Gasteiger partial charge >= 0.3 is 6.18 Å². The predicted molar refractivity (Wildman–Crippen MR) is 67.6 cm³/mol. The van der Waals surface area contributed by atoms with Gasteiger partial charge in [0.1, 0.15) is 11.7 Å². The van der Waals surface area contributed by atoms with Crippen LogP contribution in [0.15, 0.2) is 11.9 Å². The summed E-state index contributed by atoms with van der Waals surface area (Å²) in [5.74, 6) is 0.359. The molecule has 3 nitrogen and oxygen atoms in total. The van der Waals surface area contributed by atoms with Gasteiger partial charge in [-0.1, -0.05) is 25.7 Å². The third-order valence-electron chi connectivity index (χ3n) is 3.32. The molecule has 0 aromatic carbocycles. The third kappa shape index (κ3) is 5.30. The topological polar surface area (TPSA) is 41.1 Å². The molecule has 1 rings (SSSR count). The molecule has 0 amide bonds. The van der Waals surface area contributed by atoms with Crippen molar-refractivity contribution in [3.63, 3.8) is 0 Å². The number of rotatable bonds is 6. The van der Waals surface area contributed by atoms with Gasteiger partial charge in [-0.3, -0.25) is 4.79 Å². The van der Waals surface area contributed by atoms with Crippen molar-refractivity contribution in [1.82, 2.24) is 10.6 Å². The van der Waals surface area contributed by atoms with Crippen LogP contribution in [0.5, 0.6) is 0 Å². The molecular weight excluding hydrogens is 281 g/mol. The smallest absolute Gasteiger partial charge is 0.383 e. The molecule has 0 aromatic rings. The van der Waals surface area contributed by atoms with Crippen LogP contribution in [-0.2, 0) is 4.79 Å². The van der Waals surface area contributed by atoms with E-state index in [1.165, 1.54) is 7.05 Å². The summed E-state index contributed by atoms with van der Waals surface area (Å²) in [5.41, 5.74) is -0.929. The van der Waals surface area contributed by atoms with E-state index in [4.69, 9.17) is 11.6 Å². The number of hydrogen-bond acceptors (Lipinski definition) is 3. The highest BCUT2D eigenvalue weighted by Crippen LogP contribution is 2.29. The molecule has 0 bridgehead atoms. The van der Waals surface area contributed by atoms with Crippen molar-refractivity contribution in [2.24, 2.45) is 5.92 Å². The molecule has 0 spiro atoms. The highest BCUT2D eigenvalue weighted by molar-refractivity contribution is 6.64. The fourth-order valence-corrected chi connectivity index (χ4v) is 2.44. The minimum atomic E-state index is -4.48. The first-order valence-corrected chi connectivity index (χ1v) is 6.63. The van der Waals surface area contributed by atoms with E-state index in [-0.39, 0.29) is 0 Å². The molecule has 1 atom stereocenters. The van der Waals surface area contributed by atoms with Crippen LogP contribution < -0.4 is 10.6 Å². The molecule has 0 aromatic heterocycles. The van der Waals surface area contributed by atoms with Gasteiger partial charge in [0.05, 0.1) is 0 Å². The fraction of sp³-hybridized carbons (Fsp3) is 0.750. The quantitative estimate of drug-likeness (QED) is 0.741. The van der Waals surface area contributed by atoms with Crippen LogP contribution in [0.4, 0.5) is 13.2 Å². The standard InChI is InChI=1S/C12H18ClF3N2O/c1-17-10(12(14,15)16)7-18-9(11(13)19)6-8-4-2-3-5-8/h7-9,17-18H,2-6H2,1H3/b10-7-/t9-/m0/s1. The first-order chi connectivity index (χ1) is 8.84. The second kappa shape index (κ2) is 7.03. The Bertz CT molecular complexity index is 338. The Kier molecular flexibility index (Phi) is 5.97. The molecule has 1 saturated carbocycles. The number of carbonyl (C=O) groups is 1. The first kappa shape index (κ1) is 16.1. The Morgan fingerprint density at radius 1 is 1.42 bits per heavy atom. The van der Waals surface area contributed by atoms with Gasteiger partial charge in [-0.2, -0.15) is 13.2 Å². The maximum atomic E-state index is 12.5. The Balaban J connectivity index is 2.62. The number of allylic oxidation sites excluding steroid dienone is 1. The highest BCUT2D eigenvalue weighted by atomic mass is 35.5. The zero-order valence-electron chi connectivity index (χ0n) is 10.7. The van der Waals surface area contributed by atoms with Gasteiger partial charge in [0.15, 0.2) is 0 Å². The Morgan fingerprint density at radius 2 is 2.00 bits per heavy atom. The maximum Gasteiger partial charge on any atom is 0.432 e. The fourth-order valence-electron chi connectivity index (χ4n) is 2.29. The summed E-state index contributed by atoms with van der Waals surface area (Å²) in [4.78, 5) is 11.3. The van der Waals surface area contributed by atoms with Crippen LogP contribution in [0, 0.1) is 5.92 Å². The van der Waals surface area contributed by atoms with Crippen LogP contribution in [0.25, 0.3) is 0 Å². The van der Waals surface area contributed by atoms with E-state index in [2.05, 4.69) is 5.32 Å². The summed E-state index contributed by atoms with van der Waals surface area (Å²) < 4.78 is 37.5.